The Morgan fingerprint density at radius 2 is 1.52 bits per heavy atom. The lowest BCUT2D eigenvalue weighted by molar-refractivity contribution is -0.139. The molecule has 0 aliphatic carbocycles. The summed E-state index contributed by atoms with van der Waals surface area (Å²) in [4.78, 5) is 0.137. The Morgan fingerprint density at radius 1 is 0.913 bits per heavy atom. The van der Waals surface area contributed by atoms with Gasteiger partial charge in [-0.25, -0.2) is 0 Å². The van der Waals surface area contributed by atoms with Crippen molar-refractivity contribution in [2.24, 2.45) is 0 Å². The first-order valence-corrected chi connectivity index (χ1v) is 8.03. The maximum Gasteiger partial charge on any atom is 0.417 e. The van der Waals surface area contributed by atoms with Gasteiger partial charge in [0.15, 0.2) is 0 Å². The van der Waals surface area contributed by atoms with Gasteiger partial charge in [0.1, 0.15) is 6.10 Å². The minimum absolute atomic E-state index is 0.137. The lowest BCUT2D eigenvalue weighted by Gasteiger charge is -2.22. The van der Waals surface area contributed by atoms with Crippen LogP contribution in [0.1, 0.15) is 43.6 Å². The summed E-state index contributed by atoms with van der Waals surface area (Å²) < 4.78 is 39.2. The minimum Gasteiger partial charge on any atom is -0.384 e. The normalized spacial score (nSPS) is 13.9. The molecule has 23 heavy (non-hydrogen) atoms. The van der Waals surface area contributed by atoms with E-state index in [0.717, 1.165) is 17.8 Å². The van der Waals surface area contributed by atoms with E-state index in [4.69, 9.17) is 0 Å². The van der Waals surface area contributed by atoms with Crippen molar-refractivity contribution in [2.75, 3.05) is 0 Å². The molecule has 0 spiro atoms. The van der Waals surface area contributed by atoms with Crippen LogP contribution in [0.4, 0.5) is 13.2 Å². The largest absolute Gasteiger partial charge is 0.417 e. The van der Waals surface area contributed by atoms with E-state index in [-0.39, 0.29) is 9.64 Å². The van der Waals surface area contributed by atoms with Crippen molar-refractivity contribution in [3.8, 4) is 0 Å². The monoisotopic (exact) mass is 340 g/mol. The molecular weight excluding hydrogens is 321 g/mol. The zero-order valence-corrected chi connectivity index (χ0v) is 14.0. The molecule has 2 rings (SSSR count). The quantitative estimate of drug-likeness (QED) is 0.726. The minimum atomic E-state index is -4.41. The van der Waals surface area contributed by atoms with Gasteiger partial charge in [-0.05, 0) is 23.3 Å². The summed E-state index contributed by atoms with van der Waals surface area (Å²) in [5, 5.41) is 10.4. The first kappa shape index (κ1) is 17.9. The number of hydrogen-bond donors (Lipinski definition) is 1. The predicted octanol–water partition coefficient (Wildman–Crippen LogP) is 5.68. The number of aliphatic hydroxyl groups excluding tert-OH is 1. The van der Waals surface area contributed by atoms with Crippen LogP contribution in [0.5, 0.6) is 0 Å². The summed E-state index contributed by atoms with van der Waals surface area (Å²) in [6, 6.07) is 12.7. The van der Waals surface area contributed by atoms with E-state index in [2.05, 4.69) is 0 Å². The second-order valence-corrected chi connectivity index (χ2v) is 8.15. The summed E-state index contributed by atoms with van der Waals surface area (Å²) in [5.41, 5.74) is 0.441. The third kappa shape index (κ3) is 4.75. The number of rotatable bonds is 3. The second-order valence-electron chi connectivity index (χ2n) is 6.28. The molecule has 0 bridgehead atoms. The highest BCUT2D eigenvalue weighted by atomic mass is 32.2. The Labute approximate surface area is 138 Å². The summed E-state index contributed by atoms with van der Waals surface area (Å²) in [6.07, 6.45) is -5.36. The Balaban J connectivity index is 2.45. The Hall–Kier alpha value is -1.46. The molecule has 1 nitrogen and oxygen atoms in total. The standard InChI is InChI=1S/C18H19F3OS/c1-17(2,3)23-15-11-13(9-10-14(15)18(19,20)21)16(22)12-7-5-4-6-8-12/h4-11,16,22H,1-3H3. The molecule has 0 saturated heterocycles. The van der Waals surface area contributed by atoms with E-state index < -0.39 is 17.8 Å². The lowest BCUT2D eigenvalue weighted by atomic mass is 10.0. The van der Waals surface area contributed by atoms with Gasteiger partial charge >= 0.3 is 6.18 Å². The van der Waals surface area contributed by atoms with Crippen LogP contribution in [0.2, 0.25) is 0 Å². The van der Waals surface area contributed by atoms with Gasteiger partial charge in [-0.3, -0.25) is 0 Å². The molecule has 124 valence electrons. The molecule has 0 amide bonds. The summed E-state index contributed by atoms with van der Waals surface area (Å²) in [6.45, 7) is 5.58. The maximum absolute atomic E-state index is 13.2. The second kappa shape index (κ2) is 6.57. The maximum atomic E-state index is 13.2. The predicted molar refractivity (Wildman–Crippen MR) is 87.6 cm³/mol. The number of aliphatic hydroxyl groups is 1. The third-order valence-corrected chi connectivity index (χ3v) is 4.33. The first-order valence-electron chi connectivity index (χ1n) is 7.21. The molecule has 2 aromatic rings. The van der Waals surface area contributed by atoms with Crippen LogP contribution in [-0.2, 0) is 6.18 Å². The van der Waals surface area contributed by atoms with Crippen LogP contribution in [0.15, 0.2) is 53.4 Å². The van der Waals surface area contributed by atoms with Gasteiger partial charge in [0.25, 0.3) is 0 Å². The van der Waals surface area contributed by atoms with Gasteiger partial charge in [-0.15, -0.1) is 11.8 Å². The van der Waals surface area contributed by atoms with Crippen LogP contribution < -0.4 is 0 Å². The highest BCUT2D eigenvalue weighted by molar-refractivity contribution is 8.00. The van der Waals surface area contributed by atoms with E-state index in [0.29, 0.717) is 11.1 Å². The molecule has 0 aliphatic heterocycles. The van der Waals surface area contributed by atoms with E-state index in [1.165, 1.54) is 12.1 Å². The molecule has 0 saturated carbocycles. The van der Waals surface area contributed by atoms with Crippen molar-refractivity contribution < 1.29 is 18.3 Å². The molecule has 1 unspecified atom stereocenters. The molecule has 0 fully saturated rings. The van der Waals surface area contributed by atoms with Crippen molar-refractivity contribution >= 4 is 11.8 Å². The number of benzene rings is 2. The lowest BCUT2D eigenvalue weighted by Crippen LogP contribution is -2.13. The van der Waals surface area contributed by atoms with Crippen LogP contribution in [-0.4, -0.2) is 9.85 Å². The smallest absolute Gasteiger partial charge is 0.384 e. The number of halogens is 3. The summed E-state index contributed by atoms with van der Waals surface area (Å²) in [7, 11) is 0. The molecule has 5 heteroatoms. The molecule has 1 N–H and O–H groups in total. The average Bonchev–Trinajstić information content (AvgIpc) is 2.44. The van der Waals surface area contributed by atoms with E-state index in [1.54, 1.807) is 24.3 Å². The fourth-order valence-electron chi connectivity index (χ4n) is 2.19. The Bertz CT molecular complexity index is 660. The van der Waals surface area contributed by atoms with Gasteiger partial charge in [0.05, 0.1) is 5.56 Å². The summed E-state index contributed by atoms with van der Waals surface area (Å²) in [5.74, 6) is 0. The summed E-state index contributed by atoms with van der Waals surface area (Å²) >= 11 is 1.15. The van der Waals surface area contributed by atoms with Gasteiger partial charge in [0, 0.05) is 9.64 Å². The zero-order chi connectivity index (χ0) is 17.3. The van der Waals surface area contributed by atoms with E-state index >= 15 is 0 Å². The van der Waals surface area contributed by atoms with E-state index in [9.17, 15) is 18.3 Å². The van der Waals surface area contributed by atoms with Gasteiger partial charge < -0.3 is 5.11 Å². The Morgan fingerprint density at radius 3 is 2.04 bits per heavy atom. The molecule has 1 atom stereocenters. The molecule has 0 aromatic heterocycles. The van der Waals surface area contributed by atoms with Crippen molar-refractivity contribution in [1.29, 1.82) is 0 Å². The molecular formula is C18H19F3OS. The van der Waals surface area contributed by atoms with Crippen molar-refractivity contribution in [2.45, 2.75) is 42.7 Å². The average molecular weight is 340 g/mol. The SMILES string of the molecule is CC(C)(C)Sc1cc(C(O)c2ccccc2)ccc1C(F)(F)F. The van der Waals surface area contributed by atoms with Crippen LogP contribution in [0.3, 0.4) is 0 Å². The van der Waals surface area contributed by atoms with Crippen LogP contribution in [0.25, 0.3) is 0 Å². The third-order valence-electron chi connectivity index (χ3n) is 3.16. The van der Waals surface area contributed by atoms with E-state index in [1.807, 2.05) is 26.8 Å². The fourth-order valence-corrected chi connectivity index (χ4v) is 3.33. The van der Waals surface area contributed by atoms with Crippen LogP contribution >= 0.6 is 11.8 Å². The number of alkyl halides is 3. The van der Waals surface area contributed by atoms with Crippen LogP contribution in [0, 0.1) is 0 Å². The molecule has 2 aromatic carbocycles. The Kier molecular flexibility index (Phi) is 5.11. The number of thioether (sulfide) groups is 1. The van der Waals surface area contributed by atoms with Gasteiger partial charge in [0.2, 0.25) is 0 Å². The topological polar surface area (TPSA) is 20.2 Å². The molecule has 0 aliphatic rings. The van der Waals surface area contributed by atoms with Gasteiger partial charge in [-0.1, -0.05) is 57.2 Å². The zero-order valence-electron chi connectivity index (χ0n) is 13.2. The molecule has 0 heterocycles. The first-order chi connectivity index (χ1) is 10.6. The molecule has 0 radical (unpaired) electrons. The van der Waals surface area contributed by atoms with Crippen molar-refractivity contribution in [3.05, 3.63) is 65.2 Å². The van der Waals surface area contributed by atoms with Crippen molar-refractivity contribution in [1.82, 2.24) is 0 Å². The number of hydrogen-bond acceptors (Lipinski definition) is 2. The van der Waals surface area contributed by atoms with Crippen molar-refractivity contribution in [3.63, 3.8) is 0 Å². The highest BCUT2D eigenvalue weighted by Gasteiger charge is 2.35. The van der Waals surface area contributed by atoms with Gasteiger partial charge in [-0.2, -0.15) is 13.2 Å². The highest BCUT2D eigenvalue weighted by Crippen LogP contribution is 2.42. The fraction of sp³-hybridized carbons (Fsp3) is 0.333.